The van der Waals surface area contributed by atoms with Crippen molar-refractivity contribution in [2.75, 3.05) is 18.6 Å². The van der Waals surface area contributed by atoms with Crippen LogP contribution in [0.5, 0.6) is 0 Å². The lowest BCUT2D eigenvalue weighted by molar-refractivity contribution is -0.148. The molecule has 9 heteroatoms. The van der Waals surface area contributed by atoms with E-state index < -0.39 is 39.8 Å². The number of carboxylic acid groups (broad SMARTS) is 1. The van der Waals surface area contributed by atoms with Crippen molar-refractivity contribution in [1.82, 2.24) is 4.90 Å². The van der Waals surface area contributed by atoms with Crippen molar-refractivity contribution >= 4 is 33.9 Å². The van der Waals surface area contributed by atoms with Crippen LogP contribution in [0.15, 0.2) is 0 Å². The van der Waals surface area contributed by atoms with Gasteiger partial charge < -0.3 is 10.0 Å². The summed E-state index contributed by atoms with van der Waals surface area (Å²) in [5.41, 5.74) is 0. The van der Waals surface area contributed by atoms with Gasteiger partial charge in [0.05, 0.1) is 0 Å². The van der Waals surface area contributed by atoms with E-state index in [1.165, 1.54) is 11.8 Å². The zero-order valence-corrected chi connectivity index (χ0v) is 11.3. The molecule has 1 heterocycles. The minimum atomic E-state index is -4.81. The lowest BCUT2D eigenvalue weighted by atomic mass is 10.2. The third kappa shape index (κ3) is 3.58. The van der Waals surface area contributed by atoms with E-state index in [1.807, 2.05) is 0 Å². The summed E-state index contributed by atoms with van der Waals surface area (Å²) in [5, 5.41) is 7.58. The van der Waals surface area contributed by atoms with Crippen LogP contribution >= 0.6 is 11.8 Å². The van der Waals surface area contributed by atoms with Crippen LogP contribution in [0, 0.1) is 0 Å². The van der Waals surface area contributed by atoms with E-state index in [2.05, 4.69) is 0 Å². The van der Waals surface area contributed by atoms with Gasteiger partial charge in [0.25, 0.3) is 0 Å². The number of rotatable bonds is 6. The maximum absolute atomic E-state index is 12.8. The Hall–Kier alpha value is -0.830. The Morgan fingerprint density at radius 3 is 2.67 bits per heavy atom. The van der Waals surface area contributed by atoms with E-state index >= 15 is 0 Å². The average molecular weight is 299 g/mol. The summed E-state index contributed by atoms with van der Waals surface area (Å²) in [6.45, 7) is -0.386. The van der Waals surface area contributed by atoms with Crippen molar-refractivity contribution in [2.45, 2.75) is 24.1 Å². The van der Waals surface area contributed by atoms with Crippen LogP contribution < -0.4 is 0 Å². The molecule has 1 unspecified atom stereocenters. The molecule has 2 atom stereocenters. The molecule has 6 nitrogen and oxygen atoms in total. The van der Waals surface area contributed by atoms with Gasteiger partial charge in [-0.1, -0.05) is 0 Å². The first kappa shape index (κ1) is 15.2. The van der Waals surface area contributed by atoms with Gasteiger partial charge in [-0.05, 0) is 18.4 Å². The Morgan fingerprint density at radius 2 is 2.28 bits per heavy atom. The molecule has 0 aromatic rings. The molecule has 1 fully saturated rings. The molecule has 1 amide bonds. The molecule has 0 aliphatic carbocycles. The normalized spacial score (nSPS) is 22.2. The minimum absolute atomic E-state index is 0.210. The number of amides is 1. The number of thioether (sulfide) groups is 1. The molecule has 0 aromatic heterocycles. The molecular formula is C9H14FNO5S2. The largest absolute Gasteiger partial charge is 0.480 e. The summed E-state index contributed by atoms with van der Waals surface area (Å²) in [5.74, 6) is -1.31. The van der Waals surface area contributed by atoms with Crippen LogP contribution in [0.4, 0.5) is 3.89 Å². The fraction of sp³-hybridized carbons (Fsp3) is 0.778. The van der Waals surface area contributed by atoms with Crippen molar-refractivity contribution in [2.24, 2.45) is 0 Å². The third-order valence-corrected chi connectivity index (χ3v) is 4.53. The fourth-order valence-corrected chi connectivity index (χ4v) is 2.97. The molecule has 0 saturated carbocycles. The van der Waals surface area contributed by atoms with E-state index in [1.54, 1.807) is 6.26 Å². The number of hydrogen-bond donors (Lipinski definition) is 1. The summed E-state index contributed by atoms with van der Waals surface area (Å²) >= 11 is 1.42. The number of carbonyl (C=O) groups excluding carboxylic acids is 1. The standard InChI is InChI=1S/C9H14FNO5S2/c1-17-3-2-7(9(13)14)11-5-6(4-8(11)12)18(10,15)16/h6-7H,2-5H2,1H3,(H,13,14)/t6?,7-/m0/s1. The Balaban J connectivity index is 2.81. The Kier molecular flexibility index (Phi) is 4.97. The fourth-order valence-electron chi connectivity index (χ4n) is 1.83. The number of likely N-dealkylation sites (tertiary alicyclic amines) is 1. The first-order valence-corrected chi connectivity index (χ1v) is 8.06. The van der Waals surface area contributed by atoms with Crippen LogP contribution in [-0.4, -0.2) is 60.1 Å². The maximum atomic E-state index is 12.8. The SMILES string of the molecule is CSCC[C@@H](C(=O)O)N1CC(S(=O)(=O)F)CC1=O. The molecule has 0 bridgehead atoms. The highest BCUT2D eigenvalue weighted by Crippen LogP contribution is 2.23. The molecule has 18 heavy (non-hydrogen) atoms. The molecule has 104 valence electrons. The van der Waals surface area contributed by atoms with Crippen molar-refractivity contribution in [1.29, 1.82) is 0 Å². The summed E-state index contributed by atoms with van der Waals surface area (Å²) in [7, 11) is -4.81. The molecule has 0 aromatic carbocycles. The summed E-state index contributed by atoms with van der Waals surface area (Å²) in [4.78, 5) is 23.6. The predicted molar refractivity (Wildman–Crippen MR) is 64.6 cm³/mol. The second kappa shape index (κ2) is 5.87. The van der Waals surface area contributed by atoms with Gasteiger partial charge in [-0.15, -0.1) is 3.89 Å². The van der Waals surface area contributed by atoms with Crippen molar-refractivity contribution in [3.8, 4) is 0 Å². The van der Waals surface area contributed by atoms with Gasteiger partial charge in [-0.3, -0.25) is 4.79 Å². The smallest absolute Gasteiger partial charge is 0.326 e. The zero-order chi connectivity index (χ0) is 13.9. The van der Waals surface area contributed by atoms with Gasteiger partial charge >= 0.3 is 16.2 Å². The van der Waals surface area contributed by atoms with Crippen LogP contribution in [0.1, 0.15) is 12.8 Å². The molecule has 1 rings (SSSR count). The lowest BCUT2D eigenvalue weighted by Crippen LogP contribution is -2.43. The monoisotopic (exact) mass is 299 g/mol. The van der Waals surface area contributed by atoms with E-state index in [-0.39, 0.29) is 13.0 Å². The number of halogens is 1. The topological polar surface area (TPSA) is 91.8 Å². The quantitative estimate of drug-likeness (QED) is 0.699. The van der Waals surface area contributed by atoms with E-state index in [0.717, 1.165) is 4.90 Å². The highest BCUT2D eigenvalue weighted by molar-refractivity contribution is 7.98. The Labute approximate surface area is 109 Å². The molecular weight excluding hydrogens is 285 g/mol. The number of hydrogen-bond acceptors (Lipinski definition) is 5. The molecule has 0 spiro atoms. The van der Waals surface area contributed by atoms with Crippen LogP contribution in [0.25, 0.3) is 0 Å². The number of aliphatic carboxylic acids is 1. The van der Waals surface area contributed by atoms with Gasteiger partial charge in [0, 0.05) is 13.0 Å². The number of carbonyl (C=O) groups is 2. The molecule has 0 radical (unpaired) electrons. The second-order valence-corrected chi connectivity index (χ2v) is 6.59. The zero-order valence-electron chi connectivity index (χ0n) is 9.71. The van der Waals surface area contributed by atoms with Crippen LogP contribution in [0.2, 0.25) is 0 Å². The van der Waals surface area contributed by atoms with Crippen LogP contribution in [0.3, 0.4) is 0 Å². The van der Waals surface area contributed by atoms with Gasteiger partial charge in [0.15, 0.2) is 0 Å². The number of nitrogens with zero attached hydrogens (tertiary/aromatic N) is 1. The minimum Gasteiger partial charge on any atom is -0.480 e. The van der Waals surface area contributed by atoms with E-state index in [9.17, 15) is 21.9 Å². The first-order valence-electron chi connectivity index (χ1n) is 5.22. The highest BCUT2D eigenvalue weighted by atomic mass is 32.3. The molecule has 1 N–H and O–H groups in total. The predicted octanol–water partition coefficient (Wildman–Crippen LogP) is 0.0929. The maximum Gasteiger partial charge on any atom is 0.326 e. The Morgan fingerprint density at radius 1 is 1.67 bits per heavy atom. The average Bonchev–Trinajstić information content (AvgIpc) is 2.60. The van der Waals surface area contributed by atoms with Gasteiger partial charge in [-0.25, -0.2) is 4.79 Å². The summed E-state index contributed by atoms with van der Waals surface area (Å²) in [6, 6.07) is -1.09. The van der Waals surface area contributed by atoms with Crippen molar-refractivity contribution < 1.29 is 27.0 Å². The first-order chi connectivity index (χ1) is 8.27. The van der Waals surface area contributed by atoms with Gasteiger partial charge in [0.2, 0.25) is 5.91 Å². The second-order valence-electron chi connectivity index (χ2n) is 3.98. The van der Waals surface area contributed by atoms with Crippen molar-refractivity contribution in [3.05, 3.63) is 0 Å². The molecule has 1 aliphatic heterocycles. The molecule has 1 aliphatic rings. The molecule has 1 saturated heterocycles. The highest BCUT2D eigenvalue weighted by Gasteiger charge is 2.43. The van der Waals surface area contributed by atoms with Crippen LogP contribution in [-0.2, 0) is 19.8 Å². The van der Waals surface area contributed by atoms with E-state index in [4.69, 9.17) is 5.11 Å². The third-order valence-electron chi connectivity index (χ3n) is 2.78. The summed E-state index contributed by atoms with van der Waals surface area (Å²) in [6.07, 6.45) is 1.52. The Bertz CT molecular complexity index is 438. The van der Waals surface area contributed by atoms with E-state index in [0.29, 0.717) is 5.75 Å². The lowest BCUT2D eigenvalue weighted by Gasteiger charge is -2.24. The summed E-state index contributed by atoms with van der Waals surface area (Å²) < 4.78 is 34.3. The van der Waals surface area contributed by atoms with Gasteiger partial charge in [-0.2, -0.15) is 20.2 Å². The van der Waals surface area contributed by atoms with Gasteiger partial charge in [0.1, 0.15) is 11.3 Å². The van der Waals surface area contributed by atoms with Crippen molar-refractivity contribution in [3.63, 3.8) is 0 Å². The number of carboxylic acids is 1.